The van der Waals surface area contributed by atoms with Crippen molar-refractivity contribution in [3.8, 4) is 17.2 Å². The van der Waals surface area contributed by atoms with Gasteiger partial charge in [-0.2, -0.15) is 0 Å². The number of benzene rings is 2. The molecule has 0 aliphatic carbocycles. The molecule has 0 bridgehead atoms. The molecule has 3 rings (SSSR count). The lowest BCUT2D eigenvalue weighted by atomic mass is 10.0. The summed E-state index contributed by atoms with van der Waals surface area (Å²) in [6, 6.07) is 11.5. The monoisotopic (exact) mass is 522 g/mol. The van der Waals surface area contributed by atoms with E-state index in [9.17, 15) is 13.2 Å². The molecule has 0 aliphatic heterocycles. The number of amides is 1. The normalized spacial score (nSPS) is 11.4. The topological polar surface area (TPSA) is 94.6 Å². The maximum absolute atomic E-state index is 12.6. The summed E-state index contributed by atoms with van der Waals surface area (Å²) in [5.41, 5.74) is 1.61. The third-order valence-electron chi connectivity index (χ3n) is 4.88. The SMILES string of the molecule is COc1ccc(Oc2c(Cl)cc(NC(=O)Cc3cccnc3S(C)(=O)=O)cc2Cl)cc1C(C)C. The number of hydrogen-bond donors (Lipinski definition) is 1. The van der Waals surface area contributed by atoms with E-state index in [0.29, 0.717) is 17.0 Å². The zero-order valence-corrected chi connectivity index (χ0v) is 21.4. The Morgan fingerprint density at radius 2 is 1.79 bits per heavy atom. The average Bonchev–Trinajstić information content (AvgIpc) is 2.75. The van der Waals surface area contributed by atoms with Crippen molar-refractivity contribution in [1.29, 1.82) is 0 Å². The van der Waals surface area contributed by atoms with Crippen LogP contribution in [0.5, 0.6) is 17.2 Å². The molecule has 0 fully saturated rings. The summed E-state index contributed by atoms with van der Waals surface area (Å²) in [5.74, 6) is 1.30. The van der Waals surface area contributed by atoms with Crippen molar-refractivity contribution in [3.63, 3.8) is 0 Å². The first-order valence-corrected chi connectivity index (χ1v) is 12.9. The van der Waals surface area contributed by atoms with Crippen LogP contribution in [0.4, 0.5) is 5.69 Å². The Morgan fingerprint density at radius 3 is 2.38 bits per heavy atom. The molecule has 1 aromatic heterocycles. The highest BCUT2D eigenvalue weighted by Crippen LogP contribution is 2.40. The Morgan fingerprint density at radius 1 is 1.12 bits per heavy atom. The van der Waals surface area contributed by atoms with E-state index >= 15 is 0 Å². The summed E-state index contributed by atoms with van der Waals surface area (Å²) in [5, 5.41) is 2.94. The number of rotatable bonds is 8. The molecule has 1 heterocycles. The molecule has 3 aromatic rings. The first-order valence-electron chi connectivity index (χ1n) is 10.3. The molecule has 0 saturated carbocycles. The fourth-order valence-electron chi connectivity index (χ4n) is 3.35. The van der Waals surface area contributed by atoms with Gasteiger partial charge in [0.1, 0.15) is 11.5 Å². The molecule has 180 valence electrons. The summed E-state index contributed by atoms with van der Waals surface area (Å²) < 4.78 is 35.2. The van der Waals surface area contributed by atoms with Crippen LogP contribution in [0, 0.1) is 0 Å². The lowest BCUT2D eigenvalue weighted by Gasteiger charge is -2.16. The maximum Gasteiger partial charge on any atom is 0.228 e. The maximum atomic E-state index is 12.6. The van der Waals surface area contributed by atoms with Gasteiger partial charge in [0, 0.05) is 23.7 Å². The van der Waals surface area contributed by atoms with E-state index in [2.05, 4.69) is 10.3 Å². The van der Waals surface area contributed by atoms with Gasteiger partial charge in [-0.15, -0.1) is 0 Å². The third kappa shape index (κ3) is 6.20. The van der Waals surface area contributed by atoms with Gasteiger partial charge in [-0.05, 0) is 47.9 Å². The number of nitrogens with one attached hydrogen (secondary N) is 1. The molecular weight excluding hydrogens is 499 g/mol. The van der Waals surface area contributed by atoms with Crippen LogP contribution in [0.3, 0.4) is 0 Å². The van der Waals surface area contributed by atoms with E-state index < -0.39 is 15.7 Å². The number of methoxy groups -OCH3 is 1. The molecule has 0 atom stereocenters. The van der Waals surface area contributed by atoms with Gasteiger partial charge in [-0.1, -0.05) is 43.1 Å². The number of sulfone groups is 1. The van der Waals surface area contributed by atoms with Crippen molar-refractivity contribution in [2.45, 2.75) is 31.2 Å². The van der Waals surface area contributed by atoms with E-state index in [4.69, 9.17) is 32.7 Å². The average molecular weight is 523 g/mol. The van der Waals surface area contributed by atoms with Gasteiger partial charge in [0.25, 0.3) is 0 Å². The molecule has 0 aliphatic rings. The molecule has 1 N–H and O–H groups in total. The molecular formula is C24H24Cl2N2O5S. The van der Waals surface area contributed by atoms with Gasteiger partial charge in [0.05, 0.1) is 23.6 Å². The summed E-state index contributed by atoms with van der Waals surface area (Å²) >= 11 is 12.8. The van der Waals surface area contributed by atoms with Crippen molar-refractivity contribution in [2.24, 2.45) is 0 Å². The van der Waals surface area contributed by atoms with Gasteiger partial charge in [-0.25, -0.2) is 13.4 Å². The van der Waals surface area contributed by atoms with E-state index in [-0.39, 0.29) is 33.2 Å². The number of aromatic nitrogens is 1. The lowest BCUT2D eigenvalue weighted by Crippen LogP contribution is -2.17. The Hall–Kier alpha value is -2.81. The van der Waals surface area contributed by atoms with Crippen molar-refractivity contribution in [3.05, 3.63) is 69.8 Å². The van der Waals surface area contributed by atoms with Crippen molar-refractivity contribution in [2.75, 3.05) is 18.7 Å². The number of anilines is 1. The van der Waals surface area contributed by atoms with Gasteiger partial charge < -0.3 is 14.8 Å². The Kier molecular flexibility index (Phi) is 8.07. The van der Waals surface area contributed by atoms with Crippen LogP contribution in [0.25, 0.3) is 0 Å². The minimum absolute atomic E-state index is 0.134. The highest BCUT2D eigenvalue weighted by molar-refractivity contribution is 7.90. The number of carbonyl (C=O) groups is 1. The second-order valence-electron chi connectivity index (χ2n) is 7.89. The molecule has 2 aromatic carbocycles. The van der Waals surface area contributed by atoms with E-state index in [0.717, 1.165) is 17.6 Å². The number of hydrogen-bond acceptors (Lipinski definition) is 6. The van der Waals surface area contributed by atoms with Gasteiger partial charge >= 0.3 is 0 Å². The summed E-state index contributed by atoms with van der Waals surface area (Å²) in [6.45, 7) is 4.09. The minimum atomic E-state index is -3.57. The third-order valence-corrected chi connectivity index (χ3v) is 6.51. The molecule has 10 heteroatoms. The predicted octanol–water partition coefficient (Wildman–Crippen LogP) is 5.90. The molecule has 0 saturated heterocycles. The van der Waals surface area contributed by atoms with Gasteiger partial charge in [-0.3, -0.25) is 4.79 Å². The van der Waals surface area contributed by atoms with E-state index in [1.54, 1.807) is 25.3 Å². The quantitative estimate of drug-likeness (QED) is 0.395. The number of carbonyl (C=O) groups excluding carboxylic acids is 1. The highest BCUT2D eigenvalue weighted by Gasteiger charge is 2.18. The van der Waals surface area contributed by atoms with Gasteiger partial charge in [0.15, 0.2) is 20.6 Å². The standard InChI is InChI=1S/C24H24Cl2N2O5S/c1-14(2)18-13-17(7-8-21(18)32-3)33-23-19(25)11-16(12-20(23)26)28-22(29)10-15-6-5-9-27-24(15)34(4,30)31/h5-9,11-14H,10H2,1-4H3,(H,28,29). The lowest BCUT2D eigenvalue weighted by molar-refractivity contribution is -0.115. The van der Waals surface area contributed by atoms with E-state index in [1.165, 1.54) is 18.3 Å². The summed E-state index contributed by atoms with van der Waals surface area (Å²) in [7, 11) is -1.96. The molecule has 0 spiro atoms. The highest BCUT2D eigenvalue weighted by atomic mass is 35.5. The molecule has 34 heavy (non-hydrogen) atoms. The summed E-state index contributed by atoms with van der Waals surface area (Å²) in [6.07, 6.45) is 2.22. The minimum Gasteiger partial charge on any atom is -0.496 e. The molecule has 1 amide bonds. The van der Waals surface area contributed by atoms with Crippen LogP contribution in [0.2, 0.25) is 10.0 Å². The fourth-order valence-corrected chi connectivity index (χ4v) is 4.78. The number of nitrogens with zero attached hydrogens (tertiary/aromatic N) is 1. The Labute approximate surface area is 208 Å². The molecule has 0 unspecified atom stereocenters. The predicted molar refractivity (Wildman–Crippen MR) is 133 cm³/mol. The Bertz CT molecular complexity index is 1300. The number of pyridine rings is 1. The summed E-state index contributed by atoms with van der Waals surface area (Å²) in [4.78, 5) is 16.4. The van der Waals surface area contributed by atoms with Crippen LogP contribution in [0.15, 0.2) is 53.7 Å². The number of halogens is 2. The first-order chi connectivity index (χ1) is 16.0. The molecule has 7 nitrogen and oxygen atoms in total. The Balaban J connectivity index is 1.79. The van der Waals surface area contributed by atoms with Crippen LogP contribution < -0.4 is 14.8 Å². The largest absolute Gasteiger partial charge is 0.496 e. The zero-order chi connectivity index (χ0) is 25.0. The van der Waals surface area contributed by atoms with Crippen LogP contribution in [0.1, 0.15) is 30.9 Å². The second kappa shape index (κ2) is 10.6. The molecule has 0 radical (unpaired) electrons. The van der Waals surface area contributed by atoms with Crippen LogP contribution in [-0.2, 0) is 21.1 Å². The van der Waals surface area contributed by atoms with Gasteiger partial charge in [0.2, 0.25) is 5.91 Å². The second-order valence-corrected chi connectivity index (χ2v) is 10.6. The van der Waals surface area contributed by atoms with Crippen molar-refractivity contribution < 1.29 is 22.7 Å². The fraction of sp³-hybridized carbons (Fsp3) is 0.250. The van der Waals surface area contributed by atoms with E-state index in [1.807, 2.05) is 26.0 Å². The number of ether oxygens (including phenoxy) is 2. The smallest absolute Gasteiger partial charge is 0.228 e. The van der Waals surface area contributed by atoms with Crippen molar-refractivity contribution in [1.82, 2.24) is 4.98 Å². The first kappa shape index (κ1) is 25.8. The van der Waals surface area contributed by atoms with Crippen molar-refractivity contribution >= 4 is 44.6 Å². The van der Waals surface area contributed by atoms with Crippen LogP contribution >= 0.6 is 23.2 Å². The zero-order valence-electron chi connectivity index (χ0n) is 19.1. The van der Waals surface area contributed by atoms with Crippen LogP contribution in [-0.4, -0.2) is 32.7 Å².